The van der Waals surface area contributed by atoms with Gasteiger partial charge in [-0.25, -0.2) is 17.2 Å². The van der Waals surface area contributed by atoms with Crippen molar-refractivity contribution in [1.29, 1.82) is 0 Å². The van der Waals surface area contributed by atoms with E-state index in [1.165, 1.54) is 37.7 Å². The third kappa shape index (κ3) is 7.08. The molecule has 0 amide bonds. The van der Waals surface area contributed by atoms with Crippen LogP contribution < -0.4 is 0 Å². The van der Waals surface area contributed by atoms with Crippen molar-refractivity contribution in [2.24, 2.45) is 0 Å². The molecular weight excluding hydrogens is 562 g/mol. The number of sulfone groups is 1. The predicted molar refractivity (Wildman–Crippen MR) is 162 cm³/mol. The van der Waals surface area contributed by atoms with E-state index in [1.807, 2.05) is 24.3 Å². The van der Waals surface area contributed by atoms with E-state index in [1.54, 1.807) is 0 Å². The third-order valence-corrected chi connectivity index (χ3v) is 9.85. The van der Waals surface area contributed by atoms with Crippen LogP contribution in [0.1, 0.15) is 67.3 Å². The van der Waals surface area contributed by atoms with Crippen LogP contribution in [0.15, 0.2) is 72.3 Å². The molecule has 41 heavy (non-hydrogen) atoms. The average molecular weight is 599 g/mol. The van der Waals surface area contributed by atoms with Crippen LogP contribution in [-0.2, 0) is 16.4 Å². The van der Waals surface area contributed by atoms with Gasteiger partial charge in [0, 0.05) is 43.0 Å². The summed E-state index contributed by atoms with van der Waals surface area (Å²) in [5.41, 5.74) is 4.09. The number of benzene rings is 3. The highest BCUT2D eigenvalue weighted by Crippen LogP contribution is 2.39. The normalized spacial score (nSPS) is 17.5. The van der Waals surface area contributed by atoms with Crippen molar-refractivity contribution < 1.29 is 17.2 Å². The molecule has 2 aliphatic rings. The van der Waals surface area contributed by atoms with Gasteiger partial charge in [0.2, 0.25) is 0 Å². The number of rotatable bonds is 9. The monoisotopic (exact) mass is 598 g/mol. The highest BCUT2D eigenvalue weighted by Gasteiger charge is 2.35. The van der Waals surface area contributed by atoms with Gasteiger partial charge in [0.1, 0.15) is 11.6 Å². The maximum atomic E-state index is 14.0. The highest BCUT2D eigenvalue weighted by molar-refractivity contribution is 8.00. The minimum atomic E-state index is -3.73. The van der Waals surface area contributed by atoms with Crippen molar-refractivity contribution in [3.05, 3.63) is 111 Å². The fraction of sp³-hybridized carbons (Fsp3) is 0.394. The lowest BCUT2D eigenvalue weighted by Crippen LogP contribution is -2.44. The van der Waals surface area contributed by atoms with Gasteiger partial charge in [0.25, 0.3) is 0 Å². The molecule has 0 N–H and O–H groups in total. The first-order valence-electron chi connectivity index (χ1n) is 14.3. The quantitative estimate of drug-likeness (QED) is 0.254. The zero-order chi connectivity index (χ0) is 29.1. The largest absolute Gasteiger partial charge is 0.296 e. The molecule has 8 heteroatoms. The first-order chi connectivity index (χ1) is 19.6. The second-order valence-corrected chi connectivity index (χ2v) is 13.7. The maximum Gasteiger partial charge on any atom is 0.176 e. The summed E-state index contributed by atoms with van der Waals surface area (Å²) < 4.78 is 53.5. The maximum absolute atomic E-state index is 14.0. The fourth-order valence-electron chi connectivity index (χ4n) is 6.38. The Bertz CT molecular complexity index is 1470. The van der Waals surface area contributed by atoms with E-state index < -0.39 is 21.5 Å². The van der Waals surface area contributed by atoms with Crippen LogP contribution in [0.4, 0.5) is 8.78 Å². The van der Waals surface area contributed by atoms with Crippen molar-refractivity contribution in [3.8, 4) is 0 Å². The van der Waals surface area contributed by atoms with E-state index in [4.69, 9.17) is 11.6 Å². The predicted octanol–water partition coefficient (Wildman–Crippen LogP) is 7.63. The Labute approximate surface area is 247 Å². The first kappa shape index (κ1) is 29.9. The van der Waals surface area contributed by atoms with Crippen molar-refractivity contribution in [2.45, 2.75) is 57.7 Å². The summed E-state index contributed by atoms with van der Waals surface area (Å²) in [6, 6.07) is 19.8. The molecule has 1 atom stereocenters. The van der Waals surface area contributed by atoms with Gasteiger partial charge in [-0.15, -0.1) is 0 Å². The summed E-state index contributed by atoms with van der Waals surface area (Å²) in [7, 11) is -3.73. The molecule has 1 heterocycles. The van der Waals surface area contributed by atoms with Crippen LogP contribution in [-0.4, -0.2) is 50.1 Å². The van der Waals surface area contributed by atoms with Crippen LogP contribution >= 0.6 is 11.6 Å². The second-order valence-electron chi connectivity index (χ2n) is 11.3. The standard InChI is InChI=1S/C33H37ClF2N2O2S/c1-3-37(31-7-5-4-6-8-31)20-23-9-11-24(12-10-23)32(25-13-15-28(34)16-14-25)38-21-27(22-38)33(41(2,39)40)26-17-29(35)19-30(36)18-26/h9-19,31-32H,3-8,20-22H2,1-2H3/t32-/m1/s1. The van der Waals surface area contributed by atoms with Crippen molar-refractivity contribution >= 4 is 26.3 Å². The van der Waals surface area contributed by atoms with Gasteiger partial charge in [-0.3, -0.25) is 9.80 Å². The Morgan fingerprint density at radius 1 is 0.927 bits per heavy atom. The molecule has 3 aromatic rings. The minimum absolute atomic E-state index is 0.000256. The lowest BCUT2D eigenvalue weighted by atomic mass is 9.91. The smallest absolute Gasteiger partial charge is 0.176 e. The fourth-order valence-corrected chi connectivity index (χ4v) is 7.71. The molecule has 1 aliphatic heterocycles. The summed E-state index contributed by atoms with van der Waals surface area (Å²) in [4.78, 5) is 4.76. The molecule has 1 saturated carbocycles. The first-order valence-corrected chi connectivity index (χ1v) is 16.6. The molecule has 0 aromatic heterocycles. The van der Waals surface area contributed by atoms with Gasteiger partial charge >= 0.3 is 0 Å². The number of hydrogen-bond acceptors (Lipinski definition) is 4. The Balaban J connectivity index is 1.42. The Morgan fingerprint density at radius 2 is 1.49 bits per heavy atom. The molecule has 218 valence electrons. The lowest BCUT2D eigenvalue weighted by molar-refractivity contribution is 0.156. The summed E-state index contributed by atoms with van der Waals surface area (Å²) in [6.07, 6.45) is 7.59. The van der Waals surface area contributed by atoms with Crippen LogP contribution in [0.25, 0.3) is 4.91 Å². The van der Waals surface area contributed by atoms with E-state index in [-0.39, 0.29) is 16.5 Å². The van der Waals surface area contributed by atoms with Crippen LogP contribution in [0.5, 0.6) is 0 Å². The molecule has 0 spiro atoms. The zero-order valence-electron chi connectivity index (χ0n) is 23.6. The summed E-state index contributed by atoms with van der Waals surface area (Å²) >= 11 is 6.19. The molecule has 1 saturated heterocycles. The van der Waals surface area contributed by atoms with Gasteiger partial charge in [-0.1, -0.05) is 74.2 Å². The Morgan fingerprint density at radius 3 is 2.02 bits per heavy atom. The average Bonchev–Trinajstić information content (AvgIpc) is 2.91. The van der Waals surface area contributed by atoms with Crippen LogP contribution in [0.2, 0.25) is 5.02 Å². The number of nitrogens with zero attached hydrogens (tertiary/aromatic N) is 2. The van der Waals surface area contributed by atoms with Crippen LogP contribution in [0, 0.1) is 11.6 Å². The van der Waals surface area contributed by atoms with Crippen LogP contribution in [0.3, 0.4) is 0 Å². The Kier molecular flexibility index (Phi) is 9.29. The van der Waals surface area contributed by atoms with E-state index >= 15 is 0 Å². The van der Waals surface area contributed by atoms with Gasteiger partial charge in [0.05, 0.1) is 10.9 Å². The molecule has 0 unspecified atom stereocenters. The topological polar surface area (TPSA) is 40.6 Å². The van der Waals surface area contributed by atoms with E-state index in [9.17, 15) is 17.2 Å². The minimum Gasteiger partial charge on any atom is -0.296 e. The lowest BCUT2D eigenvalue weighted by Gasteiger charge is -2.42. The molecule has 0 radical (unpaired) electrons. The molecule has 2 fully saturated rings. The second kappa shape index (κ2) is 12.7. The van der Waals surface area contributed by atoms with Crippen molar-refractivity contribution in [3.63, 3.8) is 0 Å². The Hall–Kier alpha value is -2.58. The highest BCUT2D eigenvalue weighted by atomic mass is 35.5. The van der Waals surface area contributed by atoms with Gasteiger partial charge < -0.3 is 0 Å². The molecule has 5 rings (SSSR count). The van der Waals surface area contributed by atoms with E-state index in [0.717, 1.165) is 48.7 Å². The number of hydrogen-bond donors (Lipinski definition) is 0. The van der Waals surface area contributed by atoms with E-state index in [0.29, 0.717) is 29.7 Å². The van der Waals surface area contributed by atoms with Crippen molar-refractivity contribution in [1.82, 2.24) is 9.80 Å². The molecule has 3 aromatic carbocycles. The zero-order valence-corrected chi connectivity index (χ0v) is 25.2. The third-order valence-electron chi connectivity index (χ3n) is 8.33. The van der Waals surface area contributed by atoms with E-state index in [2.05, 4.69) is 41.0 Å². The summed E-state index contributed by atoms with van der Waals surface area (Å²) in [6.45, 7) is 4.91. The van der Waals surface area contributed by atoms with Gasteiger partial charge in [0.15, 0.2) is 9.84 Å². The van der Waals surface area contributed by atoms with Gasteiger partial charge in [-0.2, -0.15) is 0 Å². The number of halogens is 3. The molecule has 0 bridgehead atoms. The van der Waals surface area contributed by atoms with Crippen molar-refractivity contribution in [2.75, 3.05) is 25.9 Å². The number of likely N-dealkylation sites (tertiary alicyclic amines) is 1. The molecule has 1 aliphatic carbocycles. The summed E-state index contributed by atoms with van der Waals surface area (Å²) in [5, 5.41) is 0.641. The van der Waals surface area contributed by atoms with Gasteiger partial charge in [-0.05, 0) is 71.5 Å². The molecule has 4 nitrogen and oxygen atoms in total. The summed E-state index contributed by atoms with van der Waals surface area (Å²) in [5.74, 6) is -1.61. The molecular formula is C33H37ClF2N2O2S. The SMILES string of the molecule is CCN(Cc1ccc([C@H](c2ccc(Cl)cc2)N2CC(=C(c3cc(F)cc(F)c3)S(C)(=O)=O)C2)cc1)C1CCCCC1.